The normalized spacial score (nSPS) is 14.6. The van der Waals surface area contributed by atoms with Crippen LogP contribution >= 0.6 is 0 Å². The first-order valence-corrected chi connectivity index (χ1v) is 10.5. The molecule has 0 aromatic heterocycles. The molecule has 1 heterocycles. The zero-order valence-electron chi connectivity index (χ0n) is 18.4. The minimum absolute atomic E-state index is 0.0553. The van der Waals surface area contributed by atoms with Crippen LogP contribution < -0.4 is 10.1 Å². The number of cyclic esters (lactones) is 1. The monoisotopic (exact) mass is 444 g/mol. The van der Waals surface area contributed by atoms with Gasteiger partial charge in [0.25, 0.3) is 11.8 Å². The number of amides is 2. The highest BCUT2D eigenvalue weighted by atomic mass is 16.5. The summed E-state index contributed by atoms with van der Waals surface area (Å²) in [5.74, 6) is -0.287. The molecule has 2 amide bonds. The Balaban J connectivity index is 1.43. The van der Waals surface area contributed by atoms with Gasteiger partial charge in [0, 0.05) is 31.8 Å². The summed E-state index contributed by atoms with van der Waals surface area (Å²) in [6.07, 6.45) is 0.126. The molecule has 3 aromatic carbocycles. The maximum atomic E-state index is 12.8. The van der Waals surface area contributed by atoms with Gasteiger partial charge in [0.05, 0.1) is 5.56 Å². The van der Waals surface area contributed by atoms with Gasteiger partial charge in [-0.25, -0.2) is 4.79 Å². The van der Waals surface area contributed by atoms with Gasteiger partial charge in [0.2, 0.25) is 0 Å². The molecule has 1 N–H and O–H groups in total. The van der Waals surface area contributed by atoms with Crippen LogP contribution in [0.1, 0.15) is 37.9 Å². The molecular weight excluding hydrogens is 420 g/mol. The minimum atomic E-state index is -0.389. The first-order chi connectivity index (χ1) is 15.9. The smallest absolute Gasteiger partial charge is 0.339 e. The first-order valence-electron chi connectivity index (χ1n) is 10.5. The van der Waals surface area contributed by atoms with Crippen LogP contribution in [0.5, 0.6) is 5.75 Å². The number of hydrogen-bond acceptors (Lipinski definition) is 5. The van der Waals surface area contributed by atoms with Crippen molar-refractivity contribution in [1.29, 1.82) is 0 Å². The number of esters is 1. The Hall–Kier alpha value is -4.13. The molecule has 4 rings (SSSR count). The molecule has 1 aliphatic rings. The number of ether oxygens (including phenoxy) is 2. The maximum Gasteiger partial charge on any atom is 0.339 e. The summed E-state index contributed by atoms with van der Waals surface area (Å²) >= 11 is 0. The summed E-state index contributed by atoms with van der Waals surface area (Å²) < 4.78 is 11.0. The fourth-order valence-electron chi connectivity index (χ4n) is 3.50. The van der Waals surface area contributed by atoms with Crippen molar-refractivity contribution >= 4 is 23.5 Å². The van der Waals surface area contributed by atoms with Gasteiger partial charge in [-0.05, 0) is 53.6 Å². The number of nitrogens with one attached hydrogen (secondary N) is 1. The number of carbonyl (C=O) groups excluding carboxylic acids is 3. The topological polar surface area (TPSA) is 84.9 Å². The molecule has 0 aliphatic carbocycles. The van der Waals surface area contributed by atoms with Crippen LogP contribution in [0.4, 0.5) is 5.69 Å². The van der Waals surface area contributed by atoms with Crippen LogP contribution in [-0.2, 0) is 16.0 Å². The van der Waals surface area contributed by atoms with E-state index in [2.05, 4.69) is 5.32 Å². The Morgan fingerprint density at radius 3 is 2.45 bits per heavy atom. The van der Waals surface area contributed by atoms with E-state index in [0.717, 1.165) is 11.1 Å². The van der Waals surface area contributed by atoms with E-state index in [0.29, 0.717) is 29.0 Å². The average Bonchev–Trinajstić information content (AvgIpc) is 2.83. The van der Waals surface area contributed by atoms with Crippen molar-refractivity contribution in [3.05, 3.63) is 95.1 Å². The Labute approximate surface area is 191 Å². The average molecular weight is 444 g/mol. The Kier molecular flexibility index (Phi) is 6.40. The SMILES string of the molecule is CN(C)C(=O)COc1ccc(NC(=O)c2ccc3c(c2)C[C@H](c2ccccc2)OC3=O)cc1. The highest BCUT2D eigenvalue weighted by Gasteiger charge is 2.28. The number of carbonyl (C=O) groups is 3. The van der Waals surface area contributed by atoms with Crippen LogP contribution in [0.25, 0.3) is 0 Å². The summed E-state index contributed by atoms with van der Waals surface area (Å²) in [6.45, 7) is -0.0553. The number of rotatable bonds is 6. The number of nitrogens with zero attached hydrogens (tertiary/aromatic N) is 1. The van der Waals surface area contributed by atoms with Crippen LogP contribution in [0.15, 0.2) is 72.8 Å². The van der Waals surface area contributed by atoms with Gasteiger partial charge in [-0.15, -0.1) is 0 Å². The number of fused-ring (bicyclic) bond motifs is 1. The Bertz CT molecular complexity index is 1170. The third kappa shape index (κ3) is 5.20. The van der Waals surface area contributed by atoms with E-state index in [1.807, 2.05) is 30.3 Å². The number of anilines is 1. The zero-order chi connectivity index (χ0) is 23.4. The third-order valence-corrected chi connectivity index (χ3v) is 5.39. The van der Waals surface area contributed by atoms with E-state index >= 15 is 0 Å². The van der Waals surface area contributed by atoms with Crippen LogP contribution in [0.2, 0.25) is 0 Å². The molecule has 0 radical (unpaired) electrons. The fourth-order valence-corrected chi connectivity index (χ4v) is 3.50. The first kappa shape index (κ1) is 22.1. The van der Waals surface area contributed by atoms with Crippen molar-refractivity contribution < 1.29 is 23.9 Å². The van der Waals surface area contributed by atoms with E-state index in [4.69, 9.17) is 9.47 Å². The van der Waals surface area contributed by atoms with E-state index < -0.39 is 0 Å². The lowest BCUT2D eigenvalue weighted by Gasteiger charge is -2.25. The summed E-state index contributed by atoms with van der Waals surface area (Å²) in [5, 5.41) is 2.84. The van der Waals surface area contributed by atoms with Gasteiger partial charge in [-0.2, -0.15) is 0 Å². The van der Waals surface area contributed by atoms with Gasteiger partial charge in [0.15, 0.2) is 6.61 Å². The molecule has 0 saturated heterocycles. The molecule has 7 heteroatoms. The van der Waals surface area contributed by atoms with Gasteiger partial charge in [-0.1, -0.05) is 30.3 Å². The molecule has 0 spiro atoms. The van der Waals surface area contributed by atoms with E-state index in [1.54, 1.807) is 56.6 Å². The van der Waals surface area contributed by atoms with Crippen molar-refractivity contribution in [1.82, 2.24) is 4.90 Å². The fraction of sp³-hybridized carbons (Fsp3) is 0.192. The van der Waals surface area contributed by atoms with Crippen molar-refractivity contribution in [2.24, 2.45) is 0 Å². The largest absolute Gasteiger partial charge is 0.484 e. The summed E-state index contributed by atoms with van der Waals surface area (Å²) in [5.41, 5.74) is 3.22. The molecule has 1 atom stereocenters. The molecule has 0 bridgehead atoms. The van der Waals surface area contributed by atoms with Crippen molar-refractivity contribution in [3.8, 4) is 5.75 Å². The number of benzene rings is 3. The maximum absolute atomic E-state index is 12.8. The lowest BCUT2D eigenvalue weighted by atomic mass is 9.93. The lowest BCUT2D eigenvalue weighted by molar-refractivity contribution is -0.130. The second-order valence-corrected chi connectivity index (χ2v) is 7.94. The predicted molar refractivity (Wildman–Crippen MR) is 123 cm³/mol. The number of likely N-dealkylation sites (N-methyl/N-ethyl adjacent to an activating group) is 1. The van der Waals surface area contributed by atoms with E-state index in [-0.39, 0.29) is 30.5 Å². The molecule has 0 saturated carbocycles. The summed E-state index contributed by atoms with van der Waals surface area (Å²) in [7, 11) is 3.32. The molecule has 3 aromatic rings. The minimum Gasteiger partial charge on any atom is -0.484 e. The van der Waals surface area contributed by atoms with E-state index in [1.165, 1.54) is 4.90 Å². The Morgan fingerprint density at radius 2 is 1.76 bits per heavy atom. The Morgan fingerprint density at radius 1 is 1.03 bits per heavy atom. The molecule has 0 unspecified atom stereocenters. The predicted octanol–water partition coefficient (Wildman–Crippen LogP) is 3.86. The molecule has 0 fully saturated rings. The van der Waals surface area contributed by atoms with Crippen LogP contribution in [0.3, 0.4) is 0 Å². The quantitative estimate of drug-likeness (QED) is 0.584. The second kappa shape index (κ2) is 9.56. The highest BCUT2D eigenvalue weighted by molar-refractivity contribution is 6.05. The van der Waals surface area contributed by atoms with Crippen LogP contribution in [0, 0.1) is 0 Å². The van der Waals surface area contributed by atoms with Gasteiger partial charge >= 0.3 is 5.97 Å². The summed E-state index contributed by atoms with van der Waals surface area (Å²) in [6, 6.07) is 21.3. The van der Waals surface area contributed by atoms with Gasteiger partial charge in [-0.3, -0.25) is 9.59 Å². The molecule has 168 valence electrons. The summed E-state index contributed by atoms with van der Waals surface area (Å²) in [4.78, 5) is 38.3. The molecule has 7 nitrogen and oxygen atoms in total. The number of hydrogen-bond donors (Lipinski definition) is 1. The third-order valence-electron chi connectivity index (χ3n) is 5.39. The van der Waals surface area contributed by atoms with Crippen molar-refractivity contribution in [3.63, 3.8) is 0 Å². The highest BCUT2D eigenvalue weighted by Crippen LogP contribution is 2.31. The van der Waals surface area contributed by atoms with Crippen LogP contribution in [-0.4, -0.2) is 43.4 Å². The van der Waals surface area contributed by atoms with Gasteiger partial charge in [0.1, 0.15) is 11.9 Å². The van der Waals surface area contributed by atoms with E-state index in [9.17, 15) is 14.4 Å². The lowest BCUT2D eigenvalue weighted by Crippen LogP contribution is -2.27. The second-order valence-electron chi connectivity index (χ2n) is 7.94. The molecular formula is C26H24N2O5. The standard InChI is InChI=1S/C26H24N2O5/c1-28(2)24(29)16-32-21-11-9-20(10-12-21)27-25(30)18-8-13-22-19(14-18)15-23(33-26(22)31)17-6-4-3-5-7-17/h3-14,23H,15-16H2,1-2H3,(H,27,30)/t23-/m1/s1. The molecule has 33 heavy (non-hydrogen) atoms. The van der Waals surface area contributed by atoms with Crippen molar-refractivity contribution in [2.45, 2.75) is 12.5 Å². The molecule has 1 aliphatic heterocycles. The van der Waals surface area contributed by atoms with Gasteiger partial charge < -0.3 is 19.7 Å². The zero-order valence-corrected chi connectivity index (χ0v) is 18.4. The van der Waals surface area contributed by atoms with Crippen molar-refractivity contribution in [2.75, 3.05) is 26.0 Å².